The van der Waals surface area contributed by atoms with E-state index >= 15 is 0 Å². The van der Waals surface area contributed by atoms with Gasteiger partial charge in [-0.1, -0.05) is 55.4 Å². The molecule has 0 saturated carbocycles. The second kappa shape index (κ2) is 6.44. The maximum absolute atomic E-state index is 8.38. The van der Waals surface area contributed by atoms with E-state index in [9.17, 15) is 0 Å². The molecule has 0 spiro atoms. The lowest BCUT2D eigenvalue weighted by atomic mass is 9.56. The van der Waals surface area contributed by atoms with Crippen LogP contribution < -0.4 is 0 Å². The first-order valence-corrected chi connectivity index (χ1v) is 8.83. The van der Waals surface area contributed by atoms with Crippen molar-refractivity contribution in [1.29, 1.82) is 0 Å². The highest BCUT2D eigenvalue weighted by molar-refractivity contribution is 6.48. The van der Waals surface area contributed by atoms with Crippen molar-refractivity contribution in [2.45, 2.75) is 81.8 Å². The standard InChI is InChI=1S/C11H24.C4H12O4Si/c1-9(2,3)11(7,8)10(4,5)6;1-4(2,3)8-9(5,6)7/h1-8H3;5-7H,1-3H3. The summed E-state index contributed by atoms with van der Waals surface area (Å²) >= 11 is 0. The largest absolute Gasteiger partial charge is 0.671 e. The van der Waals surface area contributed by atoms with E-state index in [2.05, 4.69) is 59.8 Å². The van der Waals surface area contributed by atoms with Crippen molar-refractivity contribution in [2.24, 2.45) is 16.2 Å². The van der Waals surface area contributed by atoms with Crippen LogP contribution in [0.5, 0.6) is 0 Å². The minimum Gasteiger partial charge on any atom is -0.368 e. The molecule has 0 aromatic heterocycles. The van der Waals surface area contributed by atoms with E-state index in [1.165, 1.54) is 0 Å². The molecular weight excluding hydrogens is 272 g/mol. The zero-order valence-electron chi connectivity index (χ0n) is 15.2. The molecule has 0 aromatic rings. The Morgan fingerprint density at radius 2 is 0.850 bits per heavy atom. The SMILES string of the molecule is CC(C)(C)C(C)(C)C(C)(C)C.CC(C)(C)O[Si](O)(O)O. The van der Waals surface area contributed by atoms with Crippen LogP contribution in [0.4, 0.5) is 0 Å². The lowest BCUT2D eigenvalue weighted by molar-refractivity contribution is -0.0121. The molecule has 0 fully saturated rings. The van der Waals surface area contributed by atoms with E-state index in [0.29, 0.717) is 16.2 Å². The van der Waals surface area contributed by atoms with Crippen LogP contribution in [0.25, 0.3) is 0 Å². The van der Waals surface area contributed by atoms with Gasteiger partial charge in [0.2, 0.25) is 0 Å². The zero-order valence-corrected chi connectivity index (χ0v) is 16.2. The van der Waals surface area contributed by atoms with Gasteiger partial charge >= 0.3 is 9.05 Å². The quantitative estimate of drug-likeness (QED) is 0.650. The van der Waals surface area contributed by atoms with E-state index in [0.717, 1.165) is 0 Å². The van der Waals surface area contributed by atoms with Crippen LogP contribution in [0, 0.1) is 16.2 Å². The fraction of sp³-hybridized carbons (Fsp3) is 1.00. The Balaban J connectivity index is 0. The molecule has 0 amide bonds. The lowest BCUT2D eigenvalue weighted by Gasteiger charge is -2.49. The molecular formula is C15H36O4Si. The number of hydrogen-bond acceptors (Lipinski definition) is 4. The molecule has 0 saturated heterocycles. The fourth-order valence-corrected chi connectivity index (χ4v) is 2.36. The third-order valence-corrected chi connectivity index (χ3v) is 5.08. The van der Waals surface area contributed by atoms with Gasteiger partial charge in [0, 0.05) is 0 Å². The third kappa shape index (κ3) is 9.08. The predicted molar refractivity (Wildman–Crippen MR) is 85.9 cm³/mol. The summed E-state index contributed by atoms with van der Waals surface area (Å²) in [6.07, 6.45) is 0. The van der Waals surface area contributed by atoms with Crippen LogP contribution in [0.2, 0.25) is 0 Å². The molecule has 0 aliphatic carbocycles. The molecule has 3 N–H and O–H groups in total. The van der Waals surface area contributed by atoms with Crippen molar-refractivity contribution in [3.05, 3.63) is 0 Å². The summed E-state index contributed by atoms with van der Waals surface area (Å²) in [7, 11) is -4.29. The maximum Gasteiger partial charge on any atom is 0.671 e. The highest BCUT2D eigenvalue weighted by Crippen LogP contribution is 2.50. The fourth-order valence-electron chi connectivity index (χ4n) is 1.54. The first kappa shape index (κ1) is 22.3. The van der Waals surface area contributed by atoms with E-state index in [-0.39, 0.29) is 0 Å². The van der Waals surface area contributed by atoms with Gasteiger partial charge in [-0.25, -0.2) is 0 Å². The molecule has 0 aliphatic rings. The molecule has 20 heavy (non-hydrogen) atoms. The summed E-state index contributed by atoms with van der Waals surface area (Å²) in [5.41, 5.74) is 0.432. The predicted octanol–water partition coefficient (Wildman–Crippen LogP) is 3.32. The smallest absolute Gasteiger partial charge is 0.368 e. The second-order valence-electron chi connectivity index (χ2n) is 8.91. The normalized spacial score (nSPS) is 14.7. The summed E-state index contributed by atoms with van der Waals surface area (Å²) in [5, 5.41) is 0. The molecule has 0 bridgehead atoms. The molecule has 5 heteroatoms. The summed E-state index contributed by atoms with van der Waals surface area (Å²) in [6, 6.07) is 0. The Hall–Kier alpha value is 0.0569. The van der Waals surface area contributed by atoms with Crippen LogP contribution in [-0.2, 0) is 4.43 Å². The summed E-state index contributed by atoms with van der Waals surface area (Å²) in [4.78, 5) is 25.1. The van der Waals surface area contributed by atoms with Crippen LogP contribution >= 0.6 is 0 Å². The van der Waals surface area contributed by atoms with Crippen molar-refractivity contribution in [3.8, 4) is 0 Å². The Kier molecular flexibility index (Phi) is 7.20. The van der Waals surface area contributed by atoms with Gasteiger partial charge in [-0.2, -0.15) is 0 Å². The van der Waals surface area contributed by atoms with E-state index in [1.807, 2.05) is 0 Å². The van der Waals surface area contributed by atoms with E-state index in [4.69, 9.17) is 14.4 Å². The van der Waals surface area contributed by atoms with E-state index < -0.39 is 14.6 Å². The monoisotopic (exact) mass is 308 g/mol. The molecule has 0 unspecified atom stereocenters. The Morgan fingerprint density at radius 1 is 0.600 bits per heavy atom. The zero-order chi connectivity index (χ0) is 17.2. The Labute approximate surface area is 126 Å². The first-order valence-electron chi connectivity index (χ1n) is 7.08. The van der Waals surface area contributed by atoms with Crippen molar-refractivity contribution in [1.82, 2.24) is 0 Å². The molecule has 0 aliphatic heterocycles. The van der Waals surface area contributed by atoms with Gasteiger partial charge in [-0.3, -0.25) is 0 Å². The third-order valence-electron chi connectivity index (χ3n) is 4.19. The highest BCUT2D eigenvalue weighted by atomic mass is 28.4. The minimum absolute atomic E-state index is 0.375. The number of hydrogen-bond donors (Lipinski definition) is 3. The molecule has 0 radical (unpaired) electrons. The van der Waals surface area contributed by atoms with Gasteiger partial charge in [-0.15, -0.1) is 0 Å². The Morgan fingerprint density at radius 3 is 0.850 bits per heavy atom. The summed E-state index contributed by atoms with van der Waals surface area (Å²) < 4.78 is 4.43. The highest BCUT2D eigenvalue weighted by Gasteiger charge is 2.42. The van der Waals surface area contributed by atoms with Crippen molar-refractivity contribution < 1.29 is 18.8 Å². The molecule has 0 aromatic carbocycles. The molecule has 0 heterocycles. The average molecular weight is 309 g/mol. The van der Waals surface area contributed by atoms with Crippen LogP contribution in [0.3, 0.4) is 0 Å². The first-order chi connectivity index (χ1) is 8.21. The summed E-state index contributed by atoms with van der Waals surface area (Å²) in [5.74, 6) is 0. The molecule has 124 valence electrons. The van der Waals surface area contributed by atoms with Gasteiger partial charge < -0.3 is 18.8 Å². The van der Waals surface area contributed by atoms with Crippen molar-refractivity contribution >= 4 is 9.05 Å². The minimum atomic E-state index is -4.29. The van der Waals surface area contributed by atoms with Gasteiger partial charge in [0.1, 0.15) is 0 Å². The van der Waals surface area contributed by atoms with Crippen molar-refractivity contribution in [3.63, 3.8) is 0 Å². The van der Waals surface area contributed by atoms with Gasteiger partial charge in [0.25, 0.3) is 0 Å². The van der Waals surface area contributed by atoms with Gasteiger partial charge in [-0.05, 0) is 37.0 Å². The van der Waals surface area contributed by atoms with E-state index in [1.54, 1.807) is 20.8 Å². The maximum atomic E-state index is 8.38. The lowest BCUT2D eigenvalue weighted by Crippen LogP contribution is -2.45. The van der Waals surface area contributed by atoms with Crippen molar-refractivity contribution in [2.75, 3.05) is 0 Å². The number of rotatable bonds is 1. The molecule has 0 atom stereocenters. The molecule has 4 nitrogen and oxygen atoms in total. The summed E-state index contributed by atoms with van der Waals surface area (Å²) in [6.45, 7) is 23.5. The van der Waals surface area contributed by atoms with Crippen LogP contribution in [-0.4, -0.2) is 29.0 Å². The topological polar surface area (TPSA) is 69.9 Å². The Bertz CT molecular complexity index is 257. The van der Waals surface area contributed by atoms with Gasteiger partial charge in [0.05, 0.1) is 5.60 Å². The average Bonchev–Trinajstić information content (AvgIpc) is 1.91. The van der Waals surface area contributed by atoms with Gasteiger partial charge in [0.15, 0.2) is 0 Å². The second-order valence-corrected chi connectivity index (χ2v) is 10.3. The van der Waals surface area contributed by atoms with Crippen LogP contribution in [0.1, 0.15) is 76.2 Å². The molecule has 0 rings (SSSR count). The van der Waals surface area contributed by atoms with Crippen LogP contribution in [0.15, 0.2) is 0 Å².